The summed E-state index contributed by atoms with van der Waals surface area (Å²) in [6.07, 6.45) is 3.47. The summed E-state index contributed by atoms with van der Waals surface area (Å²) >= 11 is 0. The molecule has 0 atom stereocenters. The summed E-state index contributed by atoms with van der Waals surface area (Å²) in [6, 6.07) is 21.5. The van der Waals surface area contributed by atoms with Crippen LogP contribution in [0.5, 0.6) is 0 Å². The summed E-state index contributed by atoms with van der Waals surface area (Å²) in [5, 5.41) is 7.52. The molecule has 1 fully saturated rings. The fourth-order valence-electron chi connectivity index (χ4n) is 3.67. The maximum Gasteiger partial charge on any atom is 0.251 e. The van der Waals surface area contributed by atoms with Crippen molar-refractivity contribution in [1.29, 1.82) is 0 Å². The lowest BCUT2D eigenvalue weighted by Crippen LogP contribution is -2.27. The van der Waals surface area contributed by atoms with Crippen LogP contribution in [0.4, 0.5) is 4.39 Å². The third-order valence-electron chi connectivity index (χ3n) is 5.67. The van der Waals surface area contributed by atoms with E-state index >= 15 is 0 Å². The zero-order valence-electron chi connectivity index (χ0n) is 18.7. The third kappa shape index (κ3) is 5.31. The number of nitrogens with zero attached hydrogens (tertiary/aromatic N) is 2. The Bertz CT molecular complexity index is 1460. The molecule has 0 unspecified atom stereocenters. The number of aromatic nitrogens is 2. The van der Waals surface area contributed by atoms with Crippen LogP contribution in [0.25, 0.3) is 16.9 Å². The lowest BCUT2D eigenvalue weighted by Gasteiger charge is -2.09. The minimum atomic E-state index is -3.67. The highest BCUT2D eigenvalue weighted by Crippen LogP contribution is 2.25. The van der Waals surface area contributed by atoms with Gasteiger partial charge in [-0.3, -0.25) is 4.79 Å². The standard InChI is InChI=1S/C26H23FN4O3S/c27-21-11-9-18(10-12-21)25-20(17-31(29-25)23-6-2-1-3-7-23)16-28-26(32)19-5-4-8-24(15-19)35(33,34)30-22-13-14-22/h1-12,15,17,22,30H,13-14,16H2,(H,28,32). The third-order valence-corrected chi connectivity index (χ3v) is 7.19. The first-order valence-electron chi connectivity index (χ1n) is 11.2. The van der Waals surface area contributed by atoms with E-state index in [4.69, 9.17) is 0 Å². The van der Waals surface area contributed by atoms with E-state index in [-0.39, 0.29) is 28.9 Å². The summed E-state index contributed by atoms with van der Waals surface area (Å²) in [4.78, 5) is 13.0. The first-order chi connectivity index (χ1) is 16.9. The predicted molar refractivity (Wildman–Crippen MR) is 130 cm³/mol. The zero-order chi connectivity index (χ0) is 24.4. The Labute approximate surface area is 202 Å². The Kier molecular flexibility index (Phi) is 6.19. The molecule has 0 radical (unpaired) electrons. The van der Waals surface area contributed by atoms with Crippen molar-refractivity contribution in [3.63, 3.8) is 0 Å². The van der Waals surface area contributed by atoms with Crippen LogP contribution in [0, 0.1) is 5.82 Å². The topological polar surface area (TPSA) is 93.1 Å². The van der Waals surface area contributed by atoms with Crippen LogP contribution >= 0.6 is 0 Å². The molecular weight excluding hydrogens is 467 g/mol. The smallest absolute Gasteiger partial charge is 0.251 e. The number of nitrogens with one attached hydrogen (secondary N) is 2. The first kappa shape index (κ1) is 22.9. The van der Waals surface area contributed by atoms with Gasteiger partial charge in [0.1, 0.15) is 5.82 Å². The lowest BCUT2D eigenvalue weighted by atomic mass is 10.1. The molecule has 1 amide bonds. The number of para-hydroxylation sites is 1. The molecule has 0 spiro atoms. The molecule has 1 saturated carbocycles. The van der Waals surface area contributed by atoms with Gasteiger partial charge in [0, 0.05) is 35.5 Å². The minimum absolute atomic E-state index is 0.0245. The van der Waals surface area contributed by atoms with Gasteiger partial charge in [0.15, 0.2) is 0 Å². The summed E-state index contributed by atoms with van der Waals surface area (Å²) < 4.78 is 42.8. The van der Waals surface area contributed by atoms with E-state index < -0.39 is 15.9 Å². The van der Waals surface area contributed by atoms with Crippen molar-refractivity contribution in [1.82, 2.24) is 19.8 Å². The lowest BCUT2D eigenvalue weighted by molar-refractivity contribution is 0.0950. The maximum absolute atomic E-state index is 13.5. The molecule has 1 aliphatic carbocycles. The van der Waals surface area contributed by atoms with Gasteiger partial charge in [0.25, 0.3) is 5.91 Å². The zero-order valence-corrected chi connectivity index (χ0v) is 19.5. The number of carbonyl (C=O) groups is 1. The molecule has 9 heteroatoms. The van der Waals surface area contributed by atoms with Gasteiger partial charge in [-0.1, -0.05) is 24.3 Å². The van der Waals surface area contributed by atoms with Crippen LogP contribution < -0.4 is 10.0 Å². The number of sulfonamides is 1. The van der Waals surface area contributed by atoms with Gasteiger partial charge in [0.2, 0.25) is 10.0 Å². The Morgan fingerprint density at radius 1 is 1.00 bits per heavy atom. The molecule has 7 nitrogen and oxygen atoms in total. The molecule has 1 heterocycles. The van der Waals surface area contributed by atoms with Crippen LogP contribution in [-0.2, 0) is 16.6 Å². The first-order valence-corrected chi connectivity index (χ1v) is 12.7. The van der Waals surface area contributed by atoms with Crippen molar-refractivity contribution in [2.24, 2.45) is 0 Å². The summed E-state index contributed by atoms with van der Waals surface area (Å²) in [5.41, 5.74) is 3.13. The fourth-order valence-corrected chi connectivity index (χ4v) is 5.02. The van der Waals surface area contributed by atoms with Gasteiger partial charge in [0.05, 0.1) is 16.3 Å². The van der Waals surface area contributed by atoms with Crippen LogP contribution in [0.2, 0.25) is 0 Å². The molecule has 1 aromatic heterocycles. The van der Waals surface area contributed by atoms with Gasteiger partial charge in [-0.25, -0.2) is 22.2 Å². The number of halogens is 1. The molecule has 4 aromatic rings. The number of amides is 1. The molecule has 35 heavy (non-hydrogen) atoms. The Balaban J connectivity index is 1.39. The van der Waals surface area contributed by atoms with Crippen LogP contribution in [0.3, 0.4) is 0 Å². The van der Waals surface area contributed by atoms with Gasteiger partial charge in [-0.15, -0.1) is 0 Å². The van der Waals surface area contributed by atoms with Crippen LogP contribution in [0.1, 0.15) is 28.8 Å². The van der Waals surface area contributed by atoms with E-state index in [1.807, 2.05) is 36.5 Å². The van der Waals surface area contributed by atoms with Crippen molar-refractivity contribution in [3.8, 4) is 16.9 Å². The molecule has 5 rings (SSSR count). The molecule has 2 N–H and O–H groups in total. The highest BCUT2D eigenvalue weighted by atomic mass is 32.2. The van der Waals surface area contributed by atoms with E-state index in [9.17, 15) is 17.6 Å². The SMILES string of the molecule is O=C(NCc1cn(-c2ccccc2)nc1-c1ccc(F)cc1)c1cccc(S(=O)(=O)NC2CC2)c1. The largest absolute Gasteiger partial charge is 0.348 e. The maximum atomic E-state index is 13.5. The second-order valence-electron chi connectivity index (χ2n) is 8.40. The molecule has 1 aliphatic rings. The molecule has 0 bridgehead atoms. The highest BCUT2D eigenvalue weighted by molar-refractivity contribution is 7.89. The van der Waals surface area contributed by atoms with Gasteiger partial charge in [-0.05, 0) is 67.4 Å². The van der Waals surface area contributed by atoms with Crippen molar-refractivity contribution >= 4 is 15.9 Å². The Morgan fingerprint density at radius 2 is 1.74 bits per heavy atom. The van der Waals surface area contributed by atoms with Crippen molar-refractivity contribution in [2.75, 3.05) is 0 Å². The van der Waals surface area contributed by atoms with Gasteiger partial charge in [-0.2, -0.15) is 5.10 Å². The monoisotopic (exact) mass is 490 g/mol. The van der Waals surface area contributed by atoms with E-state index in [0.29, 0.717) is 11.3 Å². The van der Waals surface area contributed by atoms with Crippen LogP contribution in [-0.4, -0.2) is 30.1 Å². The summed E-state index contributed by atoms with van der Waals surface area (Å²) in [5.74, 6) is -0.761. The summed E-state index contributed by atoms with van der Waals surface area (Å²) in [6.45, 7) is 0.148. The molecule has 0 aliphatic heterocycles. The van der Waals surface area contributed by atoms with Crippen molar-refractivity contribution in [2.45, 2.75) is 30.3 Å². The number of benzene rings is 3. The average Bonchev–Trinajstić information content (AvgIpc) is 3.57. The van der Waals surface area contributed by atoms with Crippen molar-refractivity contribution in [3.05, 3.63) is 102 Å². The van der Waals surface area contributed by atoms with E-state index in [2.05, 4.69) is 15.1 Å². The quantitative estimate of drug-likeness (QED) is 0.390. The van der Waals surface area contributed by atoms with Crippen molar-refractivity contribution < 1.29 is 17.6 Å². The van der Waals surface area contributed by atoms with Gasteiger partial charge >= 0.3 is 0 Å². The minimum Gasteiger partial charge on any atom is -0.348 e. The summed E-state index contributed by atoms with van der Waals surface area (Å²) in [7, 11) is -3.67. The second kappa shape index (κ2) is 9.44. The predicted octanol–water partition coefficient (Wildman–Crippen LogP) is 4.05. The van der Waals surface area contributed by atoms with E-state index in [1.165, 1.54) is 24.3 Å². The van der Waals surface area contributed by atoms with Crippen LogP contribution in [0.15, 0.2) is 90.0 Å². The Hall–Kier alpha value is -3.82. The van der Waals surface area contributed by atoms with E-state index in [0.717, 1.165) is 24.1 Å². The average molecular weight is 491 g/mol. The highest BCUT2D eigenvalue weighted by Gasteiger charge is 2.28. The second-order valence-corrected chi connectivity index (χ2v) is 10.1. The van der Waals surface area contributed by atoms with Gasteiger partial charge < -0.3 is 5.32 Å². The number of carbonyl (C=O) groups excluding carboxylic acids is 1. The fraction of sp³-hybridized carbons (Fsp3) is 0.154. The molecule has 0 saturated heterocycles. The van der Waals surface area contributed by atoms with E-state index in [1.54, 1.807) is 28.9 Å². The molecule has 3 aromatic carbocycles. The normalized spacial score (nSPS) is 13.5. The molecular formula is C26H23FN4O3S. The number of hydrogen-bond donors (Lipinski definition) is 2. The Morgan fingerprint density at radius 3 is 2.46 bits per heavy atom. The molecule has 178 valence electrons. The number of rotatable bonds is 8. The number of hydrogen-bond acceptors (Lipinski definition) is 4.